The average molecular weight is 287 g/mol. The molecule has 0 radical (unpaired) electrons. The van der Waals surface area contributed by atoms with Crippen LogP contribution in [0.3, 0.4) is 0 Å². The largest absolute Gasteiger partial charge is 0.414 e. The number of aryl methyl sites for hydroxylation is 1. The second kappa shape index (κ2) is 6.30. The number of carbonyl (C=O) groups excluding carboxylic acids is 2. The van der Waals surface area contributed by atoms with Gasteiger partial charge in [0.1, 0.15) is 0 Å². The third-order valence-electron chi connectivity index (χ3n) is 3.13. The Morgan fingerprint density at radius 2 is 1.90 bits per heavy atom. The molecule has 0 aliphatic carbocycles. The number of amides is 1. The Labute approximate surface area is 122 Å². The molecule has 0 aliphatic rings. The van der Waals surface area contributed by atoms with Gasteiger partial charge in [-0.05, 0) is 25.0 Å². The van der Waals surface area contributed by atoms with E-state index < -0.39 is 6.04 Å². The number of rotatable bonds is 6. The summed E-state index contributed by atoms with van der Waals surface area (Å²) >= 11 is 0. The van der Waals surface area contributed by atoms with E-state index in [0.29, 0.717) is 6.41 Å². The fourth-order valence-electron chi connectivity index (χ4n) is 1.91. The summed E-state index contributed by atoms with van der Waals surface area (Å²) in [6.45, 7) is 5.64. The van der Waals surface area contributed by atoms with Crippen molar-refractivity contribution < 1.29 is 14.0 Å². The number of nitrogens with one attached hydrogen (secondary N) is 1. The SMILES string of the molecule is Cc1ccc(-c2nnc(C(=O)C(NC=O)C(C)C)o2)cc1. The highest BCUT2D eigenvalue weighted by Crippen LogP contribution is 2.19. The Bertz CT molecular complexity index is 632. The lowest BCUT2D eigenvalue weighted by molar-refractivity contribution is -0.110. The summed E-state index contributed by atoms with van der Waals surface area (Å²) in [5.41, 5.74) is 1.86. The van der Waals surface area contributed by atoms with E-state index in [2.05, 4.69) is 15.5 Å². The first-order chi connectivity index (χ1) is 10.0. The lowest BCUT2D eigenvalue weighted by Crippen LogP contribution is -2.40. The van der Waals surface area contributed by atoms with Crippen LogP contribution in [0.5, 0.6) is 0 Å². The summed E-state index contributed by atoms with van der Waals surface area (Å²) in [7, 11) is 0. The van der Waals surface area contributed by atoms with E-state index in [1.807, 2.05) is 45.0 Å². The molecule has 1 unspecified atom stereocenters. The van der Waals surface area contributed by atoms with Gasteiger partial charge in [-0.25, -0.2) is 0 Å². The van der Waals surface area contributed by atoms with E-state index in [0.717, 1.165) is 11.1 Å². The molecular formula is C15H17N3O3. The van der Waals surface area contributed by atoms with Crippen LogP contribution in [0.4, 0.5) is 0 Å². The number of Topliss-reactive ketones (excluding diaryl/α,β-unsaturated/α-hetero) is 1. The highest BCUT2D eigenvalue weighted by atomic mass is 16.4. The lowest BCUT2D eigenvalue weighted by atomic mass is 10.0. The normalized spacial score (nSPS) is 12.2. The molecule has 6 heteroatoms. The zero-order valence-electron chi connectivity index (χ0n) is 12.2. The first-order valence-electron chi connectivity index (χ1n) is 6.67. The zero-order chi connectivity index (χ0) is 15.4. The number of aromatic nitrogens is 2. The van der Waals surface area contributed by atoms with Gasteiger partial charge in [-0.3, -0.25) is 9.59 Å². The minimum Gasteiger partial charge on any atom is -0.414 e. The van der Waals surface area contributed by atoms with Crippen LogP contribution in [-0.4, -0.2) is 28.4 Å². The monoisotopic (exact) mass is 287 g/mol. The van der Waals surface area contributed by atoms with Gasteiger partial charge in [0.25, 0.3) is 5.89 Å². The molecule has 0 saturated carbocycles. The molecule has 2 rings (SSSR count). The van der Waals surface area contributed by atoms with E-state index in [1.165, 1.54) is 0 Å². The highest BCUT2D eigenvalue weighted by Gasteiger charge is 2.27. The Balaban J connectivity index is 2.24. The van der Waals surface area contributed by atoms with Crippen LogP contribution in [0.25, 0.3) is 11.5 Å². The molecule has 0 spiro atoms. The van der Waals surface area contributed by atoms with Crippen molar-refractivity contribution in [3.8, 4) is 11.5 Å². The molecule has 0 saturated heterocycles. The minimum absolute atomic E-state index is 0.0718. The molecule has 21 heavy (non-hydrogen) atoms. The topological polar surface area (TPSA) is 85.1 Å². The number of hydrogen-bond donors (Lipinski definition) is 1. The lowest BCUT2D eigenvalue weighted by Gasteiger charge is -2.16. The second-order valence-electron chi connectivity index (χ2n) is 5.15. The highest BCUT2D eigenvalue weighted by molar-refractivity contribution is 5.97. The molecule has 1 atom stereocenters. The molecule has 1 aromatic carbocycles. The van der Waals surface area contributed by atoms with Crippen molar-refractivity contribution in [2.75, 3.05) is 0 Å². The van der Waals surface area contributed by atoms with Crippen LogP contribution in [0, 0.1) is 12.8 Å². The van der Waals surface area contributed by atoms with Crippen molar-refractivity contribution in [3.05, 3.63) is 35.7 Å². The third kappa shape index (κ3) is 3.34. The number of benzene rings is 1. The van der Waals surface area contributed by atoms with Crippen molar-refractivity contribution in [2.24, 2.45) is 5.92 Å². The number of hydrogen-bond acceptors (Lipinski definition) is 5. The van der Waals surface area contributed by atoms with E-state index in [1.54, 1.807) is 0 Å². The van der Waals surface area contributed by atoms with Gasteiger partial charge in [0.2, 0.25) is 18.1 Å². The molecule has 1 heterocycles. The number of nitrogens with zero attached hydrogens (tertiary/aromatic N) is 2. The van der Waals surface area contributed by atoms with Crippen LogP contribution in [0.15, 0.2) is 28.7 Å². The smallest absolute Gasteiger partial charge is 0.286 e. The summed E-state index contributed by atoms with van der Waals surface area (Å²) in [4.78, 5) is 22.8. The molecular weight excluding hydrogens is 270 g/mol. The van der Waals surface area contributed by atoms with Crippen molar-refractivity contribution in [1.82, 2.24) is 15.5 Å². The van der Waals surface area contributed by atoms with E-state index in [9.17, 15) is 9.59 Å². The van der Waals surface area contributed by atoms with Crippen molar-refractivity contribution in [2.45, 2.75) is 26.8 Å². The fourth-order valence-corrected chi connectivity index (χ4v) is 1.91. The quantitative estimate of drug-likeness (QED) is 0.648. The standard InChI is InChI=1S/C15H17N3O3/c1-9(2)12(16-8-19)13(20)15-18-17-14(21-15)11-6-4-10(3)5-7-11/h4-9,12H,1-3H3,(H,16,19). The molecule has 2 aromatic rings. The van der Waals surface area contributed by atoms with Gasteiger partial charge >= 0.3 is 0 Å². The first-order valence-corrected chi connectivity index (χ1v) is 6.67. The molecule has 0 fully saturated rings. The van der Waals surface area contributed by atoms with Gasteiger partial charge in [0, 0.05) is 5.56 Å². The molecule has 1 aromatic heterocycles. The predicted octanol–water partition coefficient (Wildman–Crippen LogP) is 2.00. The summed E-state index contributed by atoms with van der Waals surface area (Å²) < 4.78 is 5.42. The minimum atomic E-state index is -0.672. The van der Waals surface area contributed by atoms with Crippen LogP contribution < -0.4 is 5.32 Å². The molecule has 110 valence electrons. The maximum Gasteiger partial charge on any atom is 0.286 e. The third-order valence-corrected chi connectivity index (χ3v) is 3.13. The maximum absolute atomic E-state index is 12.3. The zero-order valence-corrected chi connectivity index (χ0v) is 12.2. The summed E-state index contributed by atoms with van der Waals surface area (Å²) in [6, 6.07) is 6.87. The predicted molar refractivity (Wildman–Crippen MR) is 76.6 cm³/mol. The van der Waals surface area contributed by atoms with Crippen LogP contribution >= 0.6 is 0 Å². The molecule has 6 nitrogen and oxygen atoms in total. The van der Waals surface area contributed by atoms with E-state index in [4.69, 9.17) is 4.42 Å². The van der Waals surface area contributed by atoms with Crippen molar-refractivity contribution in [3.63, 3.8) is 0 Å². The van der Waals surface area contributed by atoms with Gasteiger partial charge in [0.15, 0.2) is 0 Å². The average Bonchev–Trinajstić information content (AvgIpc) is 2.94. The molecule has 0 aliphatic heterocycles. The van der Waals surface area contributed by atoms with E-state index >= 15 is 0 Å². The number of ketones is 1. The van der Waals surface area contributed by atoms with Crippen molar-refractivity contribution in [1.29, 1.82) is 0 Å². The summed E-state index contributed by atoms with van der Waals surface area (Å²) in [5, 5.41) is 10.1. The van der Waals surface area contributed by atoms with Gasteiger partial charge in [-0.2, -0.15) is 0 Å². The van der Waals surface area contributed by atoms with Gasteiger partial charge < -0.3 is 9.73 Å². The molecule has 1 amide bonds. The van der Waals surface area contributed by atoms with Crippen LogP contribution in [-0.2, 0) is 4.79 Å². The Morgan fingerprint density at radius 3 is 2.48 bits per heavy atom. The van der Waals surface area contributed by atoms with Gasteiger partial charge in [-0.15, -0.1) is 10.2 Å². The van der Waals surface area contributed by atoms with Crippen LogP contribution in [0.1, 0.15) is 30.1 Å². The maximum atomic E-state index is 12.3. The van der Waals surface area contributed by atoms with Crippen LogP contribution in [0.2, 0.25) is 0 Å². The summed E-state index contributed by atoms with van der Waals surface area (Å²) in [6.07, 6.45) is 0.500. The second-order valence-corrected chi connectivity index (χ2v) is 5.15. The summed E-state index contributed by atoms with van der Waals surface area (Å²) in [5.74, 6) is -0.272. The fraction of sp³-hybridized carbons (Fsp3) is 0.333. The Morgan fingerprint density at radius 1 is 1.24 bits per heavy atom. The Hall–Kier alpha value is -2.50. The van der Waals surface area contributed by atoms with Crippen molar-refractivity contribution >= 4 is 12.2 Å². The van der Waals surface area contributed by atoms with Gasteiger partial charge in [-0.1, -0.05) is 31.5 Å². The van der Waals surface area contributed by atoms with E-state index in [-0.39, 0.29) is 23.5 Å². The first kappa shape index (κ1) is 14.9. The molecule has 1 N–H and O–H groups in total. The number of carbonyl (C=O) groups is 2. The van der Waals surface area contributed by atoms with Gasteiger partial charge in [0.05, 0.1) is 6.04 Å². The molecule has 0 bridgehead atoms. The Kier molecular flexibility index (Phi) is 4.47.